The van der Waals surface area contributed by atoms with E-state index in [1.165, 1.54) is 11.1 Å². The zero-order valence-corrected chi connectivity index (χ0v) is 18.8. The molecule has 0 radical (unpaired) electrons. The summed E-state index contributed by atoms with van der Waals surface area (Å²) in [6.45, 7) is 5.26. The standard InChI is InChI=1S/C25H27ClN2O3/c1-17-4-8-19(9-5-17)14-27-15-20-12-22(26)25(23(13-20)30-3)31-16-24(29)28-21-10-6-18(2)7-11-21/h4-13,27H,14-16H2,1-3H3,(H,28,29). The van der Waals surface area contributed by atoms with Crippen molar-refractivity contribution in [3.63, 3.8) is 0 Å². The highest BCUT2D eigenvalue weighted by molar-refractivity contribution is 6.32. The van der Waals surface area contributed by atoms with Crippen molar-refractivity contribution < 1.29 is 14.3 Å². The summed E-state index contributed by atoms with van der Waals surface area (Å²) < 4.78 is 11.1. The van der Waals surface area contributed by atoms with E-state index in [-0.39, 0.29) is 12.5 Å². The first-order valence-corrected chi connectivity index (χ1v) is 10.4. The lowest BCUT2D eigenvalue weighted by Gasteiger charge is -2.15. The highest BCUT2D eigenvalue weighted by atomic mass is 35.5. The van der Waals surface area contributed by atoms with Gasteiger partial charge in [0.2, 0.25) is 0 Å². The van der Waals surface area contributed by atoms with E-state index in [4.69, 9.17) is 21.1 Å². The fourth-order valence-corrected chi connectivity index (χ4v) is 3.33. The van der Waals surface area contributed by atoms with Gasteiger partial charge in [0.1, 0.15) is 0 Å². The van der Waals surface area contributed by atoms with Crippen LogP contribution in [0.15, 0.2) is 60.7 Å². The molecule has 2 N–H and O–H groups in total. The Labute approximate surface area is 188 Å². The lowest BCUT2D eigenvalue weighted by molar-refractivity contribution is -0.118. The molecule has 0 saturated heterocycles. The number of aryl methyl sites for hydroxylation is 2. The van der Waals surface area contributed by atoms with Crippen LogP contribution in [-0.2, 0) is 17.9 Å². The largest absolute Gasteiger partial charge is 0.493 e. The molecule has 0 aliphatic carbocycles. The van der Waals surface area contributed by atoms with Gasteiger partial charge in [-0.25, -0.2) is 0 Å². The molecule has 3 rings (SSSR count). The molecule has 0 aliphatic heterocycles. The van der Waals surface area contributed by atoms with Crippen molar-refractivity contribution >= 4 is 23.2 Å². The molecular formula is C25H27ClN2O3. The summed E-state index contributed by atoms with van der Waals surface area (Å²) in [7, 11) is 1.55. The van der Waals surface area contributed by atoms with Crippen LogP contribution in [0.5, 0.6) is 11.5 Å². The number of carbonyl (C=O) groups excluding carboxylic acids is 1. The lowest BCUT2D eigenvalue weighted by Crippen LogP contribution is -2.20. The molecule has 0 saturated carbocycles. The number of methoxy groups -OCH3 is 1. The number of rotatable bonds is 9. The topological polar surface area (TPSA) is 59.6 Å². The molecule has 162 valence electrons. The van der Waals surface area contributed by atoms with E-state index >= 15 is 0 Å². The summed E-state index contributed by atoms with van der Waals surface area (Å²) in [5, 5.41) is 6.59. The van der Waals surface area contributed by atoms with Crippen LogP contribution >= 0.6 is 11.6 Å². The van der Waals surface area contributed by atoms with Crippen LogP contribution < -0.4 is 20.1 Å². The Morgan fingerprint density at radius 1 is 0.903 bits per heavy atom. The van der Waals surface area contributed by atoms with E-state index in [2.05, 4.69) is 41.8 Å². The monoisotopic (exact) mass is 438 g/mol. The van der Waals surface area contributed by atoms with E-state index in [1.807, 2.05) is 43.3 Å². The van der Waals surface area contributed by atoms with Gasteiger partial charge in [0, 0.05) is 18.8 Å². The third kappa shape index (κ3) is 6.74. The van der Waals surface area contributed by atoms with Gasteiger partial charge < -0.3 is 20.1 Å². The summed E-state index contributed by atoms with van der Waals surface area (Å²) in [5.41, 5.74) is 5.25. The number of halogens is 1. The molecule has 0 fully saturated rings. The third-order valence-electron chi connectivity index (χ3n) is 4.75. The lowest BCUT2D eigenvalue weighted by atomic mass is 10.1. The van der Waals surface area contributed by atoms with Crippen LogP contribution in [0.3, 0.4) is 0 Å². The van der Waals surface area contributed by atoms with E-state index in [9.17, 15) is 4.79 Å². The number of ether oxygens (including phenoxy) is 2. The van der Waals surface area contributed by atoms with Crippen LogP contribution in [0, 0.1) is 13.8 Å². The van der Waals surface area contributed by atoms with Gasteiger partial charge >= 0.3 is 0 Å². The Balaban J connectivity index is 1.57. The van der Waals surface area contributed by atoms with Crippen LogP contribution in [0.1, 0.15) is 22.3 Å². The number of nitrogens with one attached hydrogen (secondary N) is 2. The van der Waals surface area contributed by atoms with Crippen molar-refractivity contribution in [2.24, 2.45) is 0 Å². The first-order chi connectivity index (χ1) is 14.9. The Morgan fingerprint density at radius 3 is 2.16 bits per heavy atom. The Kier molecular flexibility index (Phi) is 7.93. The third-order valence-corrected chi connectivity index (χ3v) is 5.03. The number of hydrogen-bond acceptors (Lipinski definition) is 4. The predicted octanol–water partition coefficient (Wildman–Crippen LogP) is 5.27. The van der Waals surface area contributed by atoms with Gasteiger partial charge in [-0.2, -0.15) is 0 Å². The molecule has 0 spiro atoms. The number of benzene rings is 3. The van der Waals surface area contributed by atoms with Crippen LogP contribution in [-0.4, -0.2) is 19.6 Å². The van der Waals surface area contributed by atoms with Crippen molar-refractivity contribution in [3.8, 4) is 11.5 Å². The molecule has 31 heavy (non-hydrogen) atoms. The fraction of sp³-hybridized carbons (Fsp3) is 0.240. The second-order valence-corrected chi connectivity index (χ2v) is 7.81. The molecule has 3 aromatic carbocycles. The second kappa shape index (κ2) is 10.8. The minimum absolute atomic E-state index is 0.172. The molecule has 0 aromatic heterocycles. The summed E-state index contributed by atoms with van der Waals surface area (Å²) in [4.78, 5) is 12.2. The molecule has 0 unspecified atom stereocenters. The molecule has 3 aromatic rings. The summed E-state index contributed by atoms with van der Waals surface area (Å²) in [6, 6.07) is 19.6. The van der Waals surface area contributed by atoms with Gasteiger partial charge in [-0.05, 0) is 49.2 Å². The fourth-order valence-electron chi connectivity index (χ4n) is 3.04. The van der Waals surface area contributed by atoms with Gasteiger partial charge in [0.15, 0.2) is 18.1 Å². The minimum Gasteiger partial charge on any atom is -0.493 e. The van der Waals surface area contributed by atoms with Crippen molar-refractivity contribution in [1.29, 1.82) is 0 Å². The maximum Gasteiger partial charge on any atom is 0.262 e. The molecular weight excluding hydrogens is 412 g/mol. The van der Waals surface area contributed by atoms with E-state index in [0.29, 0.717) is 28.8 Å². The smallest absolute Gasteiger partial charge is 0.262 e. The van der Waals surface area contributed by atoms with Crippen molar-refractivity contribution in [2.45, 2.75) is 26.9 Å². The zero-order valence-electron chi connectivity index (χ0n) is 18.0. The van der Waals surface area contributed by atoms with Gasteiger partial charge in [-0.15, -0.1) is 0 Å². The average Bonchev–Trinajstić information content (AvgIpc) is 2.75. The van der Waals surface area contributed by atoms with E-state index < -0.39 is 0 Å². The second-order valence-electron chi connectivity index (χ2n) is 7.40. The molecule has 1 amide bonds. The predicted molar refractivity (Wildman–Crippen MR) is 125 cm³/mol. The average molecular weight is 439 g/mol. The van der Waals surface area contributed by atoms with Crippen molar-refractivity contribution in [2.75, 3.05) is 19.0 Å². The van der Waals surface area contributed by atoms with Crippen molar-refractivity contribution in [3.05, 3.63) is 87.9 Å². The van der Waals surface area contributed by atoms with E-state index in [1.54, 1.807) is 7.11 Å². The van der Waals surface area contributed by atoms with Gasteiger partial charge in [-0.3, -0.25) is 4.79 Å². The maximum atomic E-state index is 12.2. The molecule has 5 nitrogen and oxygen atoms in total. The molecule has 0 aliphatic rings. The van der Waals surface area contributed by atoms with Gasteiger partial charge in [0.25, 0.3) is 5.91 Å². The quantitative estimate of drug-likeness (QED) is 0.477. The number of carbonyl (C=O) groups is 1. The summed E-state index contributed by atoms with van der Waals surface area (Å²) in [6.07, 6.45) is 0. The van der Waals surface area contributed by atoms with Crippen LogP contribution in [0.2, 0.25) is 5.02 Å². The number of anilines is 1. The zero-order chi connectivity index (χ0) is 22.2. The summed E-state index contributed by atoms with van der Waals surface area (Å²) in [5.74, 6) is 0.569. The van der Waals surface area contributed by atoms with E-state index in [0.717, 1.165) is 17.7 Å². The Hall–Kier alpha value is -3.02. The highest BCUT2D eigenvalue weighted by Gasteiger charge is 2.14. The Bertz CT molecular complexity index is 1020. The SMILES string of the molecule is COc1cc(CNCc2ccc(C)cc2)cc(Cl)c1OCC(=O)Nc1ccc(C)cc1. The normalized spacial score (nSPS) is 10.6. The molecule has 0 heterocycles. The van der Waals surface area contributed by atoms with Crippen molar-refractivity contribution in [1.82, 2.24) is 5.32 Å². The minimum atomic E-state index is -0.272. The first kappa shape index (κ1) is 22.7. The first-order valence-electron chi connectivity index (χ1n) is 10.1. The number of hydrogen-bond donors (Lipinski definition) is 2. The van der Waals surface area contributed by atoms with Gasteiger partial charge in [-0.1, -0.05) is 59.1 Å². The summed E-state index contributed by atoms with van der Waals surface area (Å²) >= 11 is 6.42. The van der Waals surface area contributed by atoms with Crippen LogP contribution in [0.4, 0.5) is 5.69 Å². The molecule has 0 atom stereocenters. The maximum absolute atomic E-state index is 12.2. The van der Waals surface area contributed by atoms with Gasteiger partial charge in [0.05, 0.1) is 12.1 Å². The number of amides is 1. The van der Waals surface area contributed by atoms with Crippen LogP contribution in [0.25, 0.3) is 0 Å². The molecule has 0 bridgehead atoms. The highest BCUT2D eigenvalue weighted by Crippen LogP contribution is 2.36. The Morgan fingerprint density at radius 2 is 1.52 bits per heavy atom. The molecule has 6 heteroatoms.